The molecular formula is C20H18N2. The Kier molecular flexibility index (Phi) is 3.04. The van der Waals surface area contributed by atoms with Crippen LogP contribution in [-0.4, -0.2) is 9.97 Å². The van der Waals surface area contributed by atoms with Gasteiger partial charge in [0.2, 0.25) is 0 Å². The summed E-state index contributed by atoms with van der Waals surface area (Å²) < 4.78 is 0. The van der Waals surface area contributed by atoms with Crippen LogP contribution in [0.4, 0.5) is 0 Å². The summed E-state index contributed by atoms with van der Waals surface area (Å²) in [4.78, 5) is 9.50. The van der Waals surface area contributed by atoms with Gasteiger partial charge >= 0.3 is 0 Å². The molecule has 0 radical (unpaired) electrons. The first-order valence-electron chi connectivity index (χ1n) is 7.75. The van der Waals surface area contributed by atoms with E-state index in [2.05, 4.69) is 55.5 Å². The van der Waals surface area contributed by atoms with Gasteiger partial charge < -0.3 is 0 Å². The Morgan fingerprint density at radius 2 is 1.50 bits per heavy atom. The number of nitrogens with zero attached hydrogens (tertiary/aromatic N) is 2. The largest absolute Gasteiger partial charge is 0.233 e. The van der Waals surface area contributed by atoms with E-state index >= 15 is 0 Å². The second-order valence-electron chi connectivity index (χ2n) is 5.97. The van der Waals surface area contributed by atoms with Crippen molar-refractivity contribution >= 4 is 0 Å². The molecule has 108 valence electrons. The summed E-state index contributed by atoms with van der Waals surface area (Å²) >= 11 is 0. The third kappa shape index (κ3) is 2.12. The maximum atomic E-state index is 4.75. The van der Waals surface area contributed by atoms with Gasteiger partial charge in [-0.1, -0.05) is 54.1 Å². The fraction of sp³-hybridized carbons (Fsp3) is 0.200. The van der Waals surface area contributed by atoms with E-state index in [4.69, 9.17) is 9.97 Å². The fourth-order valence-electron chi connectivity index (χ4n) is 3.23. The van der Waals surface area contributed by atoms with Gasteiger partial charge in [0.25, 0.3) is 0 Å². The lowest BCUT2D eigenvalue weighted by Gasteiger charge is -2.21. The molecule has 1 aliphatic carbocycles. The smallest absolute Gasteiger partial charge is 0.126 e. The normalized spacial score (nSPS) is 12.6. The number of hydrogen-bond acceptors (Lipinski definition) is 2. The van der Waals surface area contributed by atoms with E-state index in [9.17, 15) is 0 Å². The van der Waals surface area contributed by atoms with Crippen LogP contribution in [0.1, 0.15) is 22.5 Å². The van der Waals surface area contributed by atoms with Crippen LogP contribution in [0.2, 0.25) is 0 Å². The van der Waals surface area contributed by atoms with Gasteiger partial charge in [-0.25, -0.2) is 9.97 Å². The van der Waals surface area contributed by atoms with Crippen molar-refractivity contribution < 1.29 is 0 Å². The van der Waals surface area contributed by atoms with E-state index in [0.717, 1.165) is 30.1 Å². The van der Waals surface area contributed by atoms with Crippen LogP contribution in [0, 0.1) is 13.8 Å². The molecule has 1 aromatic heterocycles. The Balaban J connectivity index is 1.96. The minimum absolute atomic E-state index is 0.839. The van der Waals surface area contributed by atoms with Gasteiger partial charge in [0.05, 0.1) is 11.4 Å². The van der Waals surface area contributed by atoms with E-state index in [0.29, 0.717) is 0 Å². The number of fused-ring (bicyclic) bond motifs is 3. The summed E-state index contributed by atoms with van der Waals surface area (Å²) in [6.07, 6.45) is 2.07. The summed E-state index contributed by atoms with van der Waals surface area (Å²) in [5, 5.41) is 0. The molecule has 0 unspecified atom stereocenters. The molecule has 4 rings (SSSR count). The van der Waals surface area contributed by atoms with E-state index in [1.165, 1.54) is 27.8 Å². The van der Waals surface area contributed by atoms with Crippen molar-refractivity contribution in [1.82, 2.24) is 9.97 Å². The fourth-order valence-corrected chi connectivity index (χ4v) is 3.23. The van der Waals surface area contributed by atoms with Gasteiger partial charge in [-0.3, -0.25) is 0 Å². The summed E-state index contributed by atoms with van der Waals surface area (Å²) in [6, 6.07) is 17.2. The molecule has 22 heavy (non-hydrogen) atoms. The van der Waals surface area contributed by atoms with Crippen LogP contribution in [0.25, 0.3) is 22.5 Å². The quantitative estimate of drug-likeness (QED) is 0.657. The predicted molar refractivity (Wildman–Crippen MR) is 89.8 cm³/mol. The molecule has 3 aromatic rings. The highest BCUT2D eigenvalue weighted by Crippen LogP contribution is 2.36. The molecule has 0 aliphatic heterocycles. The molecular weight excluding hydrogens is 268 g/mol. The van der Waals surface area contributed by atoms with Gasteiger partial charge in [0.15, 0.2) is 0 Å². The minimum atomic E-state index is 0.839. The molecule has 0 fully saturated rings. The van der Waals surface area contributed by atoms with E-state index < -0.39 is 0 Å². The van der Waals surface area contributed by atoms with Gasteiger partial charge in [0, 0.05) is 16.7 Å². The highest BCUT2D eigenvalue weighted by molar-refractivity contribution is 5.77. The molecule has 0 bridgehead atoms. The van der Waals surface area contributed by atoms with Crippen molar-refractivity contribution in [3.8, 4) is 22.5 Å². The summed E-state index contributed by atoms with van der Waals surface area (Å²) in [5.74, 6) is 0.839. The van der Waals surface area contributed by atoms with Gasteiger partial charge in [-0.2, -0.15) is 0 Å². The third-order valence-electron chi connectivity index (χ3n) is 4.36. The second-order valence-corrected chi connectivity index (χ2v) is 5.97. The Morgan fingerprint density at radius 1 is 0.773 bits per heavy atom. The van der Waals surface area contributed by atoms with Crippen molar-refractivity contribution in [1.29, 1.82) is 0 Å². The molecule has 0 amide bonds. The first-order chi connectivity index (χ1) is 10.7. The van der Waals surface area contributed by atoms with Crippen molar-refractivity contribution in [2.24, 2.45) is 0 Å². The SMILES string of the molecule is Cc1ccc(-c2nc(C)nc3c2CCc2ccccc2-3)cc1. The van der Waals surface area contributed by atoms with Crippen LogP contribution in [0.5, 0.6) is 0 Å². The minimum Gasteiger partial charge on any atom is -0.233 e. The van der Waals surface area contributed by atoms with E-state index in [1.54, 1.807) is 0 Å². The molecule has 2 nitrogen and oxygen atoms in total. The Morgan fingerprint density at radius 3 is 2.32 bits per heavy atom. The lowest BCUT2D eigenvalue weighted by atomic mass is 9.87. The first kappa shape index (κ1) is 13.2. The van der Waals surface area contributed by atoms with Crippen molar-refractivity contribution in [2.75, 3.05) is 0 Å². The Hall–Kier alpha value is -2.48. The number of aromatic nitrogens is 2. The lowest BCUT2D eigenvalue weighted by molar-refractivity contribution is 0.900. The highest BCUT2D eigenvalue weighted by Gasteiger charge is 2.21. The average molecular weight is 286 g/mol. The maximum Gasteiger partial charge on any atom is 0.126 e. The van der Waals surface area contributed by atoms with Gasteiger partial charge in [0.1, 0.15) is 5.82 Å². The van der Waals surface area contributed by atoms with Crippen molar-refractivity contribution in [2.45, 2.75) is 26.7 Å². The Labute approximate surface area is 130 Å². The van der Waals surface area contributed by atoms with Gasteiger partial charge in [-0.15, -0.1) is 0 Å². The van der Waals surface area contributed by atoms with E-state index in [1.807, 2.05) is 6.92 Å². The zero-order valence-corrected chi connectivity index (χ0v) is 12.9. The monoisotopic (exact) mass is 286 g/mol. The summed E-state index contributed by atoms with van der Waals surface area (Å²) in [7, 11) is 0. The lowest BCUT2D eigenvalue weighted by Crippen LogP contribution is -2.10. The van der Waals surface area contributed by atoms with Crippen molar-refractivity contribution in [3.05, 3.63) is 71.0 Å². The number of rotatable bonds is 1. The molecule has 1 aliphatic rings. The standard InChI is InChI=1S/C20H18N2/c1-13-7-9-16(10-8-13)19-18-12-11-15-5-3-4-6-17(15)20(18)22-14(2)21-19/h3-10H,11-12H2,1-2H3. The Bertz CT molecular complexity index is 848. The van der Waals surface area contributed by atoms with Crippen molar-refractivity contribution in [3.63, 3.8) is 0 Å². The van der Waals surface area contributed by atoms with Crippen LogP contribution >= 0.6 is 0 Å². The molecule has 2 aromatic carbocycles. The molecule has 0 saturated heterocycles. The number of aryl methyl sites for hydroxylation is 3. The highest BCUT2D eigenvalue weighted by atomic mass is 14.9. The number of benzene rings is 2. The van der Waals surface area contributed by atoms with Gasteiger partial charge in [-0.05, 0) is 32.3 Å². The van der Waals surface area contributed by atoms with Crippen LogP contribution in [0.15, 0.2) is 48.5 Å². The van der Waals surface area contributed by atoms with E-state index in [-0.39, 0.29) is 0 Å². The average Bonchev–Trinajstić information content (AvgIpc) is 2.55. The molecule has 1 heterocycles. The molecule has 0 saturated carbocycles. The van der Waals surface area contributed by atoms with Crippen LogP contribution in [-0.2, 0) is 12.8 Å². The summed E-state index contributed by atoms with van der Waals surface area (Å²) in [6.45, 7) is 4.09. The first-order valence-corrected chi connectivity index (χ1v) is 7.75. The molecule has 0 atom stereocenters. The molecule has 2 heteroatoms. The maximum absolute atomic E-state index is 4.75. The van der Waals surface area contributed by atoms with Crippen LogP contribution in [0.3, 0.4) is 0 Å². The second kappa shape index (κ2) is 5.06. The zero-order valence-electron chi connectivity index (χ0n) is 12.9. The summed E-state index contributed by atoms with van der Waals surface area (Å²) in [5.41, 5.74) is 8.61. The third-order valence-corrected chi connectivity index (χ3v) is 4.36. The number of hydrogen-bond donors (Lipinski definition) is 0. The molecule has 0 N–H and O–H groups in total. The zero-order chi connectivity index (χ0) is 15.1. The predicted octanol–water partition coefficient (Wildman–Crippen LogP) is 4.53. The van der Waals surface area contributed by atoms with Crippen LogP contribution < -0.4 is 0 Å². The topological polar surface area (TPSA) is 25.8 Å². The molecule has 0 spiro atoms.